The Balaban J connectivity index is 2.03. The molecule has 3 aromatic rings. The summed E-state index contributed by atoms with van der Waals surface area (Å²) in [5, 5.41) is 0. The largest absolute Gasteiger partial charge is 0.436 e. The van der Waals surface area contributed by atoms with Gasteiger partial charge in [-0.15, -0.1) is 0 Å². The van der Waals surface area contributed by atoms with Gasteiger partial charge in [0.2, 0.25) is 5.89 Å². The van der Waals surface area contributed by atoms with Crippen LogP contribution in [0.5, 0.6) is 0 Å². The minimum Gasteiger partial charge on any atom is -0.436 e. The average Bonchev–Trinajstić information content (AvgIpc) is 2.81. The Labute approximate surface area is 124 Å². The van der Waals surface area contributed by atoms with E-state index in [0.717, 1.165) is 26.1 Å². The monoisotopic (exact) mass is 365 g/mol. The van der Waals surface area contributed by atoms with Gasteiger partial charge < -0.3 is 9.32 Å². The van der Waals surface area contributed by atoms with Gasteiger partial charge in [-0.3, -0.25) is 0 Å². The molecule has 19 heavy (non-hydrogen) atoms. The Morgan fingerprint density at radius 3 is 2.68 bits per heavy atom. The van der Waals surface area contributed by atoms with Gasteiger partial charge in [-0.25, -0.2) is 9.97 Å². The molecule has 0 atom stereocenters. The number of fused-ring (bicyclic) bond motifs is 1. The van der Waals surface area contributed by atoms with Crippen molar-refractivity contribution < 1.29 is 4.42 Å². The molecule has 3 rings (SSSR count). The highest BCUT2D eigenvalue weighted by molar-refractivity contribution is 14.1. The second-order valence-electron chi connectivity index (χ2n) is 4.43. The van der Waals surface area contributed by atoms with Gasteiger partial charge in [0.25, 0.3) is 0 Å². The Morgan fingerprint density at radius 2 is 2.00 bits per heavy atom. The molecule has 0 saturated heterocycles. The highest BCUT2D eigenvalue weighted by Crippen LogP contribution is 2.25. The normalized spacial score (nSPS) is 10.9. The first kappa shape index (κ1) is 12.4. The van der Waals surface area contributed by atoms with Gasteiger partial charge in [0, 0.05) is 23.9 Å². The number of anilines is 1. The van der Waals surface area contributed by atoms with E-state index in [2.05, 4.69) is 32.6 Å². The zero-order valence-corrected chi connectivity index (χ0v) is 12.7. The topological polar surface area (TPSA) is 42.2 Å². The van der Waals surface area contributed by atoms with E-state index in [1.54, 1.807) is 6.20 Å². The number of hydrogen-bond donors (Lipinski definition) is 0. The van der Waals surface area contributed by atoms with Crippen LogP contribution in [0.2, 0.25) is 0 Å². The Kier molecular flexibility index (Phi) is 3.14. The maximum atomic E-state index is 5.74. The van der Waals surface area contributed by atoms with E-state index in [0.29, 0.717) is 5.89 Å². The van der Waals surface area contributed by atoms with E-state index in [-0.39, 0.29) is 0 Å². The Bertz CT molecular complexity index is 719. The number of nitrogens with zero attached hydrogens (tertiary/aromatic N) is 3. The van der Waals surface area contributed by atoms with Gasteiger partial charge >= 0.3 is 0 Å². The summed E-state index contributed by atoms with van der Waals surface area (Å²) in [4.78, 5) is 10.8. The van der Waals surface area contributed by atoms with Gasteiger partial charge in [0.1, 0.15) is 11.3 Å². The standard InChI is InChI=1S/C14H12IN3O/c1-18(2)13-6-3-9(8-16-13)14-17-11-7-10(15)4-5-12(11)19-14/h3-8H,1-2H3. The van der Waals surface area contributed by atoms with Crippen molar-refractivity contribution in [3.8, 4) is 11.5 Å². The molecule has 0 fully saturated rings. The maximum Gasteiger partial charge on any atom is 0.228 e. The summed E-state index contributed by atoms with van der Waals surface area (Å²) in [6.07, 6.45) is 1.78. The van der Waals surface area contributed by atoms with Crippen molar-refractivity contribution in [2.75, 3.05) is 19.0 Å². The van der Waals surface area contributed by atoms with Gasteiger partial charge in [0.05, 0.1) is 5.56 Å². The third-order valence-corrected chi connectivity index (χ3v) is 3.47. The average molecular weight is 365 g/mol. The Morgan fingerprint density at radius 1 is 1.16 bits per heavy atom. The molecule has 4 nitrogen and oxygen atoms in total. The molecule has 1 aromatic carbocycles. The molecule has 0 N–H and O–H groups in total. The first-order chi connectivity index (χ1) is 9.13. The van der Waals surface area contributed by atoms with E-state index >= 15 is 0 Å². The summed E-state index contributed by atoms with van der Waals surface area (Å²) in [6.45, 7) is 0. The summed E-state index contributed by atoms with van der Waals surface area (Å²) >= 11 is 2.26. The summed E-state index contributed by atoms with van der Waals surface area (Å²) in [5.41, 5.74) is 2.56. The number of rotatable bonds is 2. The number of pyridine rings is 1. The van der Waals surface area contributed by atoms with Crippen LogP contribution < -0.4 is 4.90 Å². The highest BCUT2D eigenvalue weighted by atomic mass is 127. The van der Waals surface area contributed by atoms with Crippen molar-refractivity contribution in [1.29, 1.82) is 0 Å². The van der Waals surface area contributed by atoms with Crippen LogP contribution in [0.25, 0.3) is 22.6 Å². The minimum atomic E-state index is 0.606. The maximum absolute atomic E-state index is 5.74. The molecule has 0 aliphatic carbocycles. The SMILES string of the molecule is CN(C)c1ccc(-c2nc3cc(I)ccc3o2)cn1. The molecule has 2 heterocycles. The van der Waals surface area contributed by atoms with Gasteiger partial charge in [-0.2, -0.15) is 0 Å². The van der Waals surface area contributed by atoms with Crippen LogP contribution in [0.1, 0.15) is 0 Å². The van der Waals surface area contributed by atoms with Crippen LogP contribution in [0.4, 0.5) is 5.82 Å². The lowest BCUT2D eigenvalue weighted by Crippen LogP contribution is -2.09. The van der Waals surface area contributed by atoms with Crippen LogP contribution in [-0.2, 0) is 0 Å². The zero-order chi connectivity index (χ0) is 13.4. The first-order valence-corrected chi connectivity index (χ1v) is 6.91. The molecule has 0 saturated carbocycles. The molecule has 0 aliphatic rings. The smallest absolute Gasteiger partial charge is 0.228 e. The molecule has 0 aliphatic heterocycles. The molecule has 96 valence electrons. The van der Waals surface area contributed by atoms with Crippen LogP contribution in [0, 0.1) is 3.57 Å². The van der Waals surface area contributed by atoms with Crippen molar-refractivity contribution in [1.82, 2.24) is 9.97 Å². The third kappa shape index (κ3) is 2.42. The number of halogens is 1. The molecule has 0 radical (unpaired) electrons. The van der Waals surface area contributed by atoms with E-state index in [9.17, 15) is 0 Å². The summed E-state index contributed by atoms with van der Waals surface area (Å²) in [5.74, 6) is 1.52. The predicted molar refractivity (Wildman–Crippen MR) is 84.3 cm³/mol. The van der Waals surface area contributed by atoms with Gasteiger partial charge in [0.15, 0.2) is 5.58 Å². The first-order valence-electron chi connectivity index (χ1n) is 5.83. The van der Waals surface area contributed by atoms with E-state index in [1.165, 1.54) is 0 Å². The number of benzene rings is 1. The van der Waals surface area contributed by atoms with Crippen molar-refractivity contribution >= 4 is 39.5 Å². The lowest BCUT2D eigenvalue weighted by atomic mass is 10.3. The second kappa shape index (κ2) is 4.80. The number of hydrogen-bond acceptors (Lipinski definition) is 4. The summed E-state index contributed by atoms with van der Waals surface area (Å²) < 4.78 is 6.89. The molecular weight excluding hydrogens is 353 g/mol. The molecule has 2 aromatic heterocycles. The molecule has 0 bridgehead atoms. The molecule has 5 heteroatoms. The Hall–Kier alpha value is -1.63. The zero-order valence-electron chi connectivity index (χ0n) is 10.6. The van der Waals surface area contributed by atoms with Crippen LogP contribution >= 0.6 is 22.6 Å². The van der Waals surface area contributed by atoms with Crippen molar-refractivity contribution in [3.63, 3.8) is 0 Å². The van der Waals surface area contributed by atoms with E-state index in [4.69, 9.17) is 4.42 Å². The number of oxazole rings is 1. The molecule has 0 unspecified atom stereocenters. The lowest BCUT2D eigenvalue weighted by Gasteiger charge is -2.10. The third-order valence-electron chi connectivity index (χ3n) is 2.80. The fourth-order valence-corrected chi connectivity index (χ4v) is 2.28. The number of aromatic nitrogens is 2. The lowest BCUT2D eigenvalue weighted by molar-refractivity contribution is 0.619. The molecular formula is C14H12IN3O. The van der Waals surface area contributed by atoms with Crippen LogP contribution in [-0.4, -0.2) is 24.1 Å². The summed E-state index contributed by atoms with van der Waals surface area (Å²) in [6, 6.07) is 9.87. The molecule has 0 spiro atoms. The van der Waals surface area contributed by atoms with Crippen molar-refractivity contribution in [2.45, 2.75) is 0 Å². The van der Waals surface area contributed by atoms with Gasteiger partial charge in [-0.1, -0.05) is 0 Å². The van der Waals surface area contributed by atoms with Gasteiger partial charge in [-0.05, 0) is 52.9 Å². The second-order valence-corrected chi connectivity index (χ2v) is 5.68. The highest BCUT2D eigenvalue weighted by Gasteiger charge is 2.09. The fraction of sp³-hybridized carbons (Fsp3) is 0.143. The summed E-state index contributed by atoms with van der Waals surface area (Å²) in [7, 11) is 3.92. The molecule has 0 amide bonds. The predicted octanol–water partition coefficient (Wildman–Crippen LogP) is 3.56. The van der Waals surface area contributed by atoms with Crippen LogP contribution in [0.15, 0.2) is 40.9 Å². The van der Waals surface area contributed by atoms with Crippen LogP contribution in [0.3, 0.4) is 0 Å². The fourth-order valence-electron chi connectivity index (χ4n) is 1.80. The van der Waals surface area contributed by atoms with Crippen molar-refractivity contribution in [3.05, 3.63) is 40.1 Å². The van der Waals surface area contributed by atoms with Crippen molar-refractivity contribution in [2.24, 2.45) is 0 Å². The quantitative estimate of drug-likeness (QED) is 0.652. The van der Waals surface area contributed by atoms with E-state index < -0.39 is 0 Å². The minimum absolute atomic E-state index is 0.606. The van der Waals surface area contributed by atoms with E-state index in [1.807, 2.05) is 49.3 Å².